The van der Waals surface area contributed by atoms with Gasteiger partial charge in [0, 0.05) is 22.8 Å². The Morgan fingerprint density at radius 3 is 2.65 bits per heavy atom. The van der Waals surface area contributed by atoms with Crippen LogP contribution in [0.1, 0.15) is 21.7 Å². The number of carbonyl (C=O) groups is 1. The highest BCUT2D eigenvalue weighted by Crippen LogP contribution is 2.27. The molecule has 3 rings (SSSR count). The summed E-state index contributed by atoms with van der Waals surface area (Å²) < 4.78 is 5.59. The van der Waals surface area contributed by atoms with Gasteiger partial charge in [0.2, 0.25) is 0 Å². The minimum Gasteiger partial charge on any atom is -0.484 e. The van der Waals surface area contributed by atoms with Gasteiger partial charge in [0.25, 0.3) is 5.91 Å². The summed E-state index contributed by atoms with van der Waals surface area (Å²) in [6.45, 7) is 6.40. The number of hydrogen-bond donors (Lipinski definition) is 1. The van der Waals surface area contributed by atoms with Gasteiger partial charge in [-0.15, -0.1) is 11.3 Å². The maximum atomic E-state index is 12.1. The third-order valence-corrected chi connectivity index (χ3v) is 5.02. The first-order valence-corrected chi connectivity index (χ1v) is 9.17. The van der Waals surface area contributed by atoms with E-state index in [2.05, 4.69) is 21.4 Å². The number of carbonyl (C=O) groups excluding carboxylic acids is 1. The molecule has 5 nitrogen and oxygen atoms in total. The summed E-state index contributed by atoms with van der Waals surface area (Å²) in [4.78, 5) is 21.8. The van der Waals surface area contributed by atoms with Crippen LogP contribution in [0.4, 0.5) is 0 Å². The van der Waals surface area contributed by atoms with Gasteiger partial charge in [-0.05, 0) is 56.2 Å². The van der Waals surface area contributed by atoms with Gasteiger partial charge in [-0.2, -0.15) is 0 Å². The van der Waals surface area contributed by atoms with Gasteiger partial charge in [-0.1, -0.05) is 6.07 Å². The quantitative estimate of drug-likeness (QED) is 0.719. The van der Waals surface area contributed by atoms with Crippen LogP contribution in [0.5, 0.6) is 5.75 Å². The molecule has 0 aliphatic rings. The molecule has 0 saturated carbocycles. The molecule has 6 heteroatoms. The number of pyridine rings is 1. The summed E-state index contributed by atoms with van der Waals surface area (Å²) in [6.07, 6.45) is 3.53. The number of benzene rings is 1. The third kappa shape index (κ3) is 4.67. The fraction of sp³-hybridized carbons (Fsp3) is 0.250. The van der Waals surface area contributed by atoms with E-state index in [1.165, 1.54) is 0 Å². The molecule has 0 aliphatic carbocycles. The molecule has 26 heavy (non-hydrogen) atoms. The Kier molecular flexibility index (Phi) is 5.63. The number of thiazole rings is 1. The predicted molar refractivity (Wildman–Crippen MR) is 103 cm³/mol. The topological polar surface area (TPSA) is 64.1 Å². The molecule has 0 atom stereocenters. The number of amides is 1. The van der Waals surface area contributed by atoms with Gasteiger partial charge < -0.3 is 10.1 Å². The van der Waals surface area contributed by atoms with Gasteiger partial charge in [0.05, 0.1) is 12.2 Å². The molecule has 1 N–H and O–H groups in total. The van der Waals surface area contributed by atoms with Crippen molar-refractivity contribution in [3.8, 4) is 16.3 Å². The fourth-order valence-electron chi connectivity index (χ4n) is 2.60. The maximum absolute atomic E-state index is 12.1. The number of nitrogens with one attached hydrogen (secondary N) is 1. The first-order valence-electron chi connectivity index (χ1n) is 8.36. The van der Waals surface area contributed by atoms with Gasteiger partial charge >= 0.3 is 0 Å². The second-order valence-electron chi connectivity index (χ2n) is 6.16. The number of rotatable bonds is 6. The lowest BCUT2D eigenvalue weighted by atomic mass is 10.1. The molecule has 0 radical (unpaired) electrons. The van der Waals surface area contributed by atoms with Crippen LogP contribution in [0, 0.1) is 20.8 Å². The number of aryl methyl sites for hydroxylation is 3. The lowest BCUT2D eigenvalue weighted by Gasteiger charge is -2.08. The van der Waals surface area contributed by atoms with E-state index in [4.69, 9.17) is 4.74 Å². The van der Waals surface area contributed by atoms with E-state index in [9.17, 15) is 4.79 Å². The maximum Gasteiger partial charge on any atom is 0.258 e. The van der Waals surface area contributed by atoms with Crippen molar-refractivity contribution in [2.75, 3.05) is 6.61 Å². The molecule has 0 saturated heterocycles. The zero-order chi connectivity index (χ0) is 18.5. The van der Waals surface area contributed by atoms with Gasteiger partial charge in [-0.25, -0.2) is 4.98 Å². The Labute approximate surface area is 157 Å². The van der Waals surface area contributed by atoms with Gasteiger partial charge in [0.1, 0.15) is 10.8 Å². The standard InChI is InChI=1S/C20H21N3O2S/c1-13-7-14(2)9-17(8-13)25-12-19(24)22-11-18-15(3)23-20(26-18)16-5-4-6-21-10-16/h4-10H,11-12H2,1-3H3,(H,22,24). The van der Waals surface area contributed by atoms with Crippen molar-refractivity contribution in [2.45, 2.75) is 27.3 Å². The summed E-state index contributed by atoms with van der Waals surface area (Å²) in [7, 11) is 0. The molecule has 3 aromatic rings. The summed E-state index contributed by atoms with van der Waals surface area (Å²) in [6, 6.07) is 9.78. The highest BCUT2D eigenvalue weighted by Gasteiger charge is 2.11. The molecule has 0 aliphatic heterocycles. The fourth-order valence-corrected chi connectivity index (χ4v) is 3.59. The normalized spacial score (nSPS) is 10.6. The SMILES string of the molecule is Cc1cc(C)cc(OCC(=O)NCc2sc(-c3cccnc3)nc2C)c1. The lowest BCUT2D eigenvalue weighted by Crippen LogP contribution is -2.28. The summed E-state index contributed by atoms with van der Waals surface area (Å²) in [5, 5.41) is 3.80. The van der Waals surface area contributed by atoms with Crippen molar-refractivity contribution < 1.29 is 9.53 Å². The number of ether oxygens (including phenoxy) is 1. The van der Waals surface area contributed by atoms with E-state index < -0.39 is 0 Å². The molecular formula is C20H21N3O2S. The Morgan fingerprint density at radius 1 is 1.19 bits per heavy atom. The van der Waals surface area contributed by atoms with Crippen molar-refractivity contribution in [3.63, 3.8) is 0 Å². The molecule has 2 heterocycles. The minimum absolute atomic E-state index is 0.00376. The zero-order valence-corrected chi connectivity index (χ0v) is 15.9. The van der Waals surface area contributed by atoms with Crippen molar-refractivity contribution in [1.29, 1.82) is 0 Å². The van der Waals surface area contributed by atoms with Crippen LogP contribution in [0.3, 0.4) is 0 Å². The molecule has 134 valence electrons. The second-order valence-corrected chi connectivity index (χ2v) is 7.24. The Morgan fingerprint density at radius 2 is 1.96 bits per heavy atom. The van der Waals surface area contributed by atoms with E-state index in [1.807, 2.05) is 45.0 Å². The average Bonchev–Trinajstić information content (AvgIpc) is 2.99. The summed E-state index contributed by atoms with van der Waals surface area (Å²) >= 11 is 1.57. The zero-order valence-electron chi connectivity index (χ0n) is 15.1. The molecule has 1 amide bonds. The molecular weight excluding hydrogens is 346 g/mol. The molecule has 0 unspecified atom stereocenters. The molecule has 2 aromatic heterocycles. The third-order valence-electron chi connectivity index (χ3n) is 3.81. The molecule has 0 bridgehead atoms. The molecule has 1 aromatic carbocycles. The van der Waals surface area contributed by atoms with Crippen LogP contribution in [0.25, 0.3) is 10.6 Å². The van der Waals surface area contributed by atoms with Crippen LogP contribution in [-0.4, -0.2) is 22.5 Å². The average molecular weight is 367 g/mol. The van der Waals surface area contributed by atoms with Crippen molar-refractivity contribution in [1.82, 2.24) is 15.3 Å². The van der Waals surface area contributed by atoms with Crippen LogP contribution in [-0.2, 0) is 11.3 Å². The number of aromatic nitrogens is 2. The molecule has 0 spiro atoms. The van der Waals surface area contributed by atoms with Crippen LogP contribution < -0.4 is 10.1 Å². The molecule has 0 fully saturated rings. The highest BCUT2D eigenvalue weighted by atomic mass is 32.1. The highest BCUT2D eigenvalue weighted by molar-refractivity contribution is 7.15. The number of nitrogens with zero attached hydrogens (tertiary/aromatic N) is 2. The predicted octanol–water partition coefficient (Wildman–Crippen LogP) is 3.83. The van der Waals surface area contributed by atoms with Gasteiger partial charge in [0.15, 0.2) is 6.61 Å². The largest absolute Gasteiger partial charge is 0.484 e. The Hall–Kier alpha value is -2.73. The summed E-state index contributed by atoms with van der Waals surface area (Å²) in [5.74, 6) is 0.561. The van der Waals surface area contributed by atoms with E-state index in [-0.39, 0.29) is 12.5 Å². The number of hydrogen-bond acceptors (Lipinski definition) is 5. The van der Waals surface area contributed by atoms with Crippen LogP contribution in [0.15, 0.2) is 42.7 Å². The smallest absolute Gasteiger partial charge is 0.258 e. The second kappa shape index (κ2) is 8.10. The summed E-state index contributed by atoms with van der Waals surface area (Å²) in [5.41, 5.74) is 4.13. The Balaban J connectivity index is 1.55. The van der Waals surface area contributed by atoms with Crippen LogP contribution in [0.2, 0.25) is 0 Å². The van der Waals surface area contributed by atoms with E-state index >= 15 is 0 Å². The van der Waals surface area contributed by atoms with Crippen molar-refractivity contribution in [3.05, 3.63) is 64.4 Å². The van der Waals surface area contributed by atoms with Crippen molar-refractivity contribution in [2.24, 2.45) is 0 Å². The van der Waals surface area contributed by atoms with Crippen molar-refractivity contribution >= 4 is 17.2 Å². The van der Waals surface area contributed by atoms with Crippen LogP contribution >= 0.6 is 11.3 Å². The first kappa shape index (κ1) is 18.1. The monoisotopic (exact) mass is 367 g/mol. The van der Waals surface area contributed by atoms with E-state index in [1.54, 1.807) is 23.7 Å². The lowest BCUT2D eigenvalue weighted by molar-refractivity contribution is -0.123. The minimum atomic E-state index is -0.153. The van der Waals surface area contributed by atoms with E-state index in [0.29, 0.717) is 12.3 Å². The first-order chi connectivity index (χ1) is 12.5. The van der Waals surface area contributed by atoms with Gasteiger partial charge in [-0.3, -0.25) is 9.78 Å². The van der Waals surface area contributed by atoms with E-state index in [0.717, 1.165) is 32.3 Å². The Bertz CT molecular complexity index is 886.